The molecule has 0 radical (unpaired) electrons. The molecule has 14 heavy (non-hydrogen) atoms. The molecule has 74 valence electrons. The van der Waals surface area contributed by atoms with E-state index in [9.17, 15) is 19.8 Å². The predicted molar refractivity (Wildman–Crippen MR) is 41.0 cm³/mol. The summed E-state index contributed by atoms with van der Waals surface area (Å²) in [7, 11) is 0. The van der Waals surface area contributed by atoms with E-state index in [1.54, 1.807) is 0 Å². The molecule has 0 bridgehead atoms. The van der Waals surface area contributed by atoms with E-state index in [0.29, 0.717) is 0 Å². The molecule has 0 amide bonds. The van der Waals surface area contributed by atoms with Gasteiger partial charge in [-0.1, -0.05) is 18.2 Å². The first-order valence-corrected chi connectivity index (χ1v) is 3.73. The molecular weight excluding hydrogens is 188 g/mol. The van der Waals surface area contributed by atoms with Gasteiger partial charge in [0, 0.05) is 11.1 Å². The summed E-state index contributed by atoms with van der Waals surface area (Å²) in [5.41, 5.74) is -1.03. The first kappa shape index (κ1) is 10.2. The van der Waals surface area contributed by atoms with Crippen LogP contribution in [0.3, 0.4) is 0 Å². The second-order valence-corrected chi connectivity index (χ2v) is 2.57. The fourth-order valence-corrected chi connectivity index (χ4v) is 1.14. The number of hydrogen-bond donors (Lipinski definition) is 1. The Morgan fingerprint density at radius 1 is 1.21 bits per heavy atom. The molecule has 1 aromatic carbocycles. The maximum atomic E-state index is 10.6. The molecular formula is C9H6O5-2. The van der Waals surface area contributed by atoms with Crippen molar-refractivity contribution in [3.8, 4) is 0 Å². The van der Waals surface area contributed by atoms with E-state index in [1.165, 1.54) is 12.1 Å². The minimum absolute atomic E-state index is 0.00769. The Morgan fingerprint density at radius 2 is 1.86 bits per heavy atom. The summed E-state index contributed by atoms with van der Waals surface area (Å²) < 4.78 is 0. The lowest BCUT2D eigenvalue weighted by Crippen LogP contribution is -2.31. The molecule has 5 nitrogen and oxygen atoms in total. The fraction of sp³-hybridized carbons (Fsp3) is 0.111. The highest BCUT2D eigenvalue weighted by Crippen LogP contribution is 2.13. The smallest absolute Gasteiger partial charge is 0.0725 e. The molecule has 0 atom stereocenters. The first-order chi connectivity index (χ1) is 6.57. The second-order valence-electron chi connectivity index (χ2n) is 2.57. The van der Waals surface area contributed by atoms with Gasteiger partial charge in [-0.05, 0) is 5.56 Å². The number of carbonyl (C=O) groups is 2. The third-order valence-electron chi connectivity index (χ3n) is 1.75. The Balaban J connectivity index is 3.43. The van der Waals surface area contributed by atoms with Crippen LogP contribution in [0.25, 0.3) is 0 Å². The van der Waals surface area contributed by atoms with Gasteiger partial charge in [-0.15, -0.1) is 0 Å². The van der Waals surface area contributed by atoms with Crippen LogP contribution in [-0.4, -0.2) is 17.0 Å². The number of hydrogen-bond acceptors (Lipinski definition) is 5. The number of aromatic carboxylic acids is 2. The van der Waals surface area contributed by atoms with Crippen molar-refractivity contribution < 1.29 is 24.9 Å². The Labute approximate surface area is 79.2 Å². The average Bonchev–Trinajstić information content (AvgIpc) is 2.16. The summed E-state index contributed by atoms with van der Waals surface area (Å²) >= 11 is 0. The number of benzene rings is 1. The highest BCUT2D eigenvalue weighted by atomic mass is 16.4. The Kier molecular flexibility index (Phi) is 2.83. The molecule has 5 heteroatoms. The number of rotatable bonds is 3. The lowest BCUT2D eigenvalue weighted by Gasteiger charge is -2.14. The van der Waals surface area contributed by atoms with E-state index < -0.39 is 29.7 Å². The van der Waals surface area contributed by atoms with Crippen LogP contribution in [0.5, 0.6) is 0 Å². The molecule has 0 saturated carbocycles. The summed E-state index contributed by atoms with van der Waals surface area (Å²) in [6, 6.07) is 3.71. The molecule has 0 fully saturated rings. The zero-order valence-corrected chi connectivity index (χ0v) is 7.02. The van der Waals surface area contributed by atoms with E-state index in [2.05, 4.69) is 0 Å². The van der Waals surface area contributed by atoms with Crippen molar-refractivity contribution in [1.29, 1.82) is 0 Å². The van der Waals surface area contributed by atoms with Gasteiger partial charge in [-0.2, -0.15) is 0 Å². The van der Waals surface area contributed by atoms with E-state index >= 15 is 0 Å². The van der Waals surface area contributed by atoms with E-state index in [1.807, 2.05) is 0 Å². The molecule has 0 heterocycles. The van der Waals surface area contributed by atoms with Gasteiger partial charge in [0.05, 0.1) is 18.5 Å². The van der Waals surface area contributed by atoms with Crippen LogP contribution in [0.1, 0.15) is 26.3 Å². The van der Waals surface area contributed by atoms with Crippen molar-refractivity contribution in [1.82, 2.24) is 0 Å². The van der Waals surface area contributed by atoms with Gasteiger partial charge in [0.2, 0.25) is 0 Å². The van der Waals surface area contributed by atoms with Gasteiger partial charge in [0.25, 0.3) is 0 Å². The summed E-state index contributed by atoms with van der Waals surface area (Å²) in [5, 5.41) is 29.9. The van der Waals surface area contributed by atoms with Crippen LogP contribution in [0, 0.1) is 0 Å². The lowest BCUT2D eigenvalue weighted by molar-refractivity contribution is -0.259. The number of carboxylic acid groups (broad SMARTS) is 2. The highest BCUT2D eigenvalue weighted by molar-refractivity contribution is 6.01. The zero-order chi connectivity index (χ0) is 10.7. The Morgan fingerprint density at radius 3 is 2.29 bits per heavy atom. The summed E-state index contributed by atoms with van der Waals surface area (Å²) in [5.74, 6) is -3.26. The van der Waals surface area contributed by atoms with Crippen LogP contribution in [0.2, 0.25) is 0 Å². The van der Waals surface area contributed by atoms with Gasteiger partial charge in [0.1, 0.15) is 0 Å². The molecule has 0 spiro atoms. The SMILES string of the molecule is O=C([O-])c1cccc(CO)c1C(=O)[O-]. The summed E-state index contributed by atoms with van der Waals surface area (Å²) in [6.07, 6.45) is 0. The molecule has 0 aliphatic heterocycles. The highest BCUT2D eigenvalue weighted by Gasteiger charge is 2.08. The van der Waals surface area contributed by atoms with Gasteiger partial charge in [0.15, 0.2) is 0 Å². The lowest BCUT2D eigenvalue weighted by atomic mass is 10.0. The van der Waals surface area contributed by atoms with Crippen LogP contribution in [0.15, 0.2) is 18.2 Å². The molecule has 0 unspecified atom stereocenters. The number of aliphatic hydroxyl groups excluding tert-OH is 1. The fourth-order valence-electron chi connectivity index (χ4n) is 1.14. The first-order valence-electron chi connectivity index (χ1n) is 3.73. The third-order valence-corrected chi connectivity index (χ3v) is 1.75. The monoisotopic (exact) mass is 194 g/mol. The van der Waals surface area contributed by atoms with Gasteiger partial charge in [-0.25, -0.2) is 0 Å². The molecule has 0 aliphatic carbocycles. The second kappa shape index (κ2) is 3.89. The third kappa shape index (κ3) is 1.72. The molecule has 1 rings (SSSR count). The van der Waals surface area contributed by atoms with Crippen molar-refractivity contribution in [3.05, 3.63) is 34.9 Å². The summed E-state index contributed by atoms with van der Waals surface area (Å²) in [4.78, 5) is 21.1. The van der Waals surface area contributed by atoms with Crippen LogP contribution in [-0.2, 0) is 6.61 Å². The van der Waals surface area contributed by atoms with Crippen molar-refractivity contribution >= 4 is 11.9 Å². The minimum atomic E-state index is -1.64. The maximum Gasteiger partial charge on any atom is 0.0725 e. The Bertz CT molecular complexity index is 383. The van der Waals surface area contributed by atoms with Crippen molar-refractivity contribution in [2.24, 2.45) is 0 Å². The van der Waals surface area contributed by atoms with Gasteiger partial charge >= 0.3 is 0 Å². The van der Waals surface area contributed by atoms with Crippen LogP contribution >= 0.6 is 0 Å². The Hall–Kier alpha value is -1.88. The van der Waals surface area contributed by atoms with Gasteiger partial charge in [-0.3, -0.25) is 0 Å². The topological polar surface area (TPSA) is 100 Å². The normalized spacial score (nSPS) is 9.79. The number of carboxylic acids is 2. The largest absolute Gasteiger partial charge is 0.545 e. The molecule has 0 aliphatic rings. The van der Waals surface area contributed by atoms with E-state index in [0.717, 1.165) is 6.07 Å². The van der Waals surface area contributed by atoms with Crippen molar-refractivity contribution in [2.75, 3.05) is 0 Å². The summed E-state index contributed by atoms with van der Waals surface area (Å²) in [6.45, 7) is -0.565. The average molecular weight is 194 g/mol. The van der Waals surface area contributed by atoms with Crippen molar-refractivity contribution in [2.45, 2.75) is 6.61 Å². The predicted octanol–water partition coefficient (Wildman–Crippen LogP) is -2.09. The molecule has 1 N–H and O–H groups in total. The molecule has 0 aromatic heterocycles. The maximum absolute atomic E-state index is 10.6. The van der Waals surface area contributed by atoms with E-state index in [4.69, 9.17) is 5.11 Å². The van der Waals surface area contributed by atoms with E-state index in [-0.39, 0.29) is 5.56 Å². The molecule has 0 saturated heterocycles. The van der Waals surface area contributed by atoms with Crippen LogP contribution in [0.4, 0.5) is 0 Å². The molecule has 1 aromatic rings. The quantitative estimate of drug-likeness (QED) is 0.594. The van der Waals surface area contributed by atoms with Crippen LogP contribution < -0.4 is 10.2 Å². The van der Waals surface area contributed by atoms with Gasteiger partial charge < -0.3 is 24.9 Å². The number of aliphatic hydroxyl groups is 1. The minimum Gasteiger partial charge on any atom is -0.545 e. The number of carbonyl (C=O) groups excluding carboxylic acids is 2. The van der Waals surface area contributed by atoms with Crippen molar-refractivity contribution in [3.63, 3.8) is 0 Å². The zero-order valence-electron chi connectivity index (χ0n) is 7.02. The standard InChI is InChI=1S/C9H8O5/c10-4-5-2-1-3-6(8(11)12)7(5)9(13)14/h1-3,10H,4H2,(H,11,12)(H,13,14)/p-2.